The van der Waals surface area contributed by atoms with E-state index in [-0.39, 0.29) is 6.04 Å². The number of nitro groups is 1. The summed E-state index contributed by atoms with van der Waals surface area (Å²) in [4.78, 5) is 9.85. The average molecular weight is 240 g/mol. The van der Waals surface area contributed by atoms with E-state index < -0.39 is 16.4 Å². The van der Waals surface area contributed by atoms with Crippen molar-refractivity contribution < 1.29 is 9.31 Å². The highest BCUT2D eigenvalue weighted by molar-refractivity contribution is 5.36. The second-order valence-electron chi connectivity index (χ2n) is 4.09. The van der Waals surface area contributed by atoms with Crippen molar-refractivity contribution in [3.05, 3.63) is 39.7 Å². The van der Waals surface area contributed by atoms with E-state index in [9.17, 15) is 14.5 Å². The molecule has 0 amide bonds. The fraction of sp³-hybridized carbons (Fsp3) is 0.500. The smallest absolute Gasteiger partial charge is 0.305 e. The van der Waals surface area contributed by atoms with Crippen LogP contribution in [0.1, 0.15) is 31.7 Å². The van der Waals surface area contributed by atoms with Crippen molar-refractivity contribution in [2.24, 2.45) is 5.73 Å². The predicted octanol–water partition coefficient (Wildman–Crippen LogP) is 2.79. The number of rotatable bonds is 6. The van der Waals surface area contributed by atoms with Crippen molar-refractivity contribution in [3.8, 4) is 0 Å². The maximum absolute atomic E-state index is 13.7. The molecule has 0 saturated carbocycles. The second kappa shape index (κ2) is 6.30. The summed E-state index contributed by atoms with van der Waals surface area (Å²) in [6.45, 7) is 2.04. The highest BCUT2D eigenvalue weighted by Crippen LogP contribution is 2.21. The first kappa shape index (κ1) is 13.6. The summed E-state index contributed by atoms with van der Waals surface area (Å²) < 4.78 is 13.7. The minimum absolute atomic E-state index is 0.0265. The van der Waals surface area contributed by atoms with Crippen LogP contribution in [-0.2, 0) is 6.42 Å². The average Bonchev–Trinajstić information content (AvgIpc) is 2.27. The molecular weight excluding hydrogens is 223 g/mol. The van der Waals surface area contributed by atoms with Gasteiger partial charge in [-0.2, -0.15) is 4.39 Å². The van der Waals surface area contributed by atoms with Gasteiger partial charge in [0.1, 0.15) is 0 Å². The first-order valence-corrected chi connectivity index (χ1v) is 5.73. The van der Waals surface area contributed by atoms with E-state index in [2.05, 4.69) is 0 Å². The van der Waals surface area contributed by atoms with Crippen LogP contribution in [0.25, 0.3) is 0 Å². The molecule has 17 heavy (non-hydrogen) atoms. The van der Waals surface area contributed by atoms with Crippen LogP contribution >= 0.6 is 0 Å². The molecule has 0 heterocycles. The SMILES string of the molecule is CCCC(N)CCc1cccc([N+](=O)[O-])c1F. The summed E-state index contributed by atoms with van der Waals surface area (Å²) in [6, 6.07) is 4.27. The van der Waals surface area contributed by atoms with E-state index in [4.69, 9.17) is 5.73 Å². The number of hydrogen-bond acceptors (Lipinski definition) is 3. The number of benzene rings is 1. The standard InChI is InChI=1S/C12H17FN2O2/c1-2-4-10(14)8-7-9-5-3-6-11(12(9)13)15(16)17/h3,5-6,10H,2,4,7-8,14H2,1H3. The first-order valence-electron chi connectivity index (χ1n) is 5.73. The monoisotopic (exact) mass is 240 g/mol. The molecule has 1 rings (SSSR count). The predicted molar refractivity (Wildman–Crippen MR) is 64.3 cm³/mol. The van der Waals surface area contributed by atoms with Crippen LogP contribution in [0.2, 0.25) is 0 Å². The van der Waals surface area contributed by atoms with E-state index in [0.29, 0.717) is 18.4 Å². The van der Waals surface area contributed by atoms with Gasteiger partial charge in [0.05, 0.1) is 4.92 Å². The third-order valence-electron chi connectivity index (χ3n) is 2.70. The number of nitrogens with two attached hydrogens (primary N) is 1. The Bertz CT molecular complexity index is 396. The number of hydrogen-bond donors (Lipinski definition) is 1. The molecule has 1 aromatic rings. The summed E-state index contributed by atoms with van der Waals surface area (Å²) in [6.07, 6.45) is 2.95. The van der Waals surface area contributed by atoms with Gasteiger partial charge in [0, 0.05) is 12.1 Å². The van der Waals surface area contributed by atoms with Crippen LogP contribution in [0, 0.1) is 15.9 Å². The fourth-order valence-corrected chi connectivity index (χ4v) is 1.76. The molecule has 0 spiro atoms. The van der Waals surface area contributed by atoms with Crippen LogP contribution in [-0.4, -0.2) is 11.0 Å². The molecule has 5 heteroatoms. The van der Waals surface area contributed by atoms with Gasteiger partial charge in [0.2, 0.25) is 5.82 Å². The third kappa shape index (κ3) is 3.78. The normalized spacial score (nSPS) is 12.4. The molecule has 4 nitrogen and oxygen atoms in total. The van der Waals surface area contributed by atoms with Crippen LogP contribution in [0.5, 0.6) is 0 Å². The molecule has 0 aromatic heterocycles. The zero-order valence-electron chi connectivity index (χ0n) is 9.86. The maximum Gasteiger partial charge on any atom is 0.305 e. The van der Waals surface area contributed by atoms with Gasteiger partial charge in [-0.3, -0.25) is 10.1 Å². The molecule has 1 atom stereocenters. The number of nitro benzene ring substituents is 1. The Balaban J connectivity index is 2.72. The zero-order valence-corrected chi connectivity index (χ0v) is 9.86. The topological polar surface area (TPSA) is 69.2 Å². The Labute approximate surface area is 99.8 Å². The number of halogens is 1. The molecule has 0 saturated heterocycles. The van der Waals surface area contributed by atoms with Crippen LogP contribution in [0.15, 0.2) is 18.2 Å². The Morgan fingerprint density at radius 3 is 2.76 bits per heavy atom. The van der Waals surface area contributed by atoms with Crippen molar-refractivity contribution >= 4 is 5.69 Å². The largest absolute Gasteiger partial charge is 0.328 e. The Kier molecular flexibility index (Phi) is 5.03. The minimum Gasteiger partial charge on any atom is -0.328 e. The Morgan fingerprint density at radius 1 is 1.47 bits per heavy atom. The van der Waals surface area contributed by atoms with Crippen molar-refractivity contribution in [1.82, 2.24) is 0 Å². The molecule has 0 radical (unpaired) electrons. The first-order chi connectivity index (χ1) is 8.06. The molecule has 0 bridgehead atoms. The number of nitrogens with zero attached hydrogens (tertiary/aromatic N) is 1. The quantitative estimate of drug-likeness (QED) is 0.614. The van der Waals surface area contributed by atoms with Gasteiger partial charge >= 0.3 is 5.69 Å². The summed E-state index contributed by atoms with van der Waals surface area (Å²) in [5, 5.41) is 10.6. The lowest BCUT2D eigenvalue weighted by molar-refractivity contribution is -0.387. The van der Waals surface area contributed by atoms with Gasteiger partial charge in [-0.05, 0) is 24.8 Å². The summed E-state index contributed by atoms with van der Waals surface area (Å²) >= 11 is 0. The fourth-order valence-electron chi connectivity index (χ4n) is 1.76. The molecule has 94 valence electrons. The number of aryl methyl sites for hydroxylation is 1. The van der Waals surface area contributed by atoms with E-state index in [1.54, 1.807) is 6.07 Å². The van der Waals surface area contributed by atoms with Crippen molar-refractivity contribution in [3.63, 3.8) is 0 Å². The lowest BCUT2D eigenvalue weighted by atomic mass is 10.0. The van der Waals surface area contributed by atoms with Gasteiger partial charge in [0.25, 0.3) is 0 Å². The van der Waals surface area contributed by atoms with Gasteiger partial charge in [-0.1, -0.05) is 25.5 Å². The summed E-state index contributed by atoms with van der Waals surface area (Å²) in [5.74, 6) is -0.735. The van der Waals surface area contributed by atoms with Crippen molar-refractivity contribution in [2.45, 2.75) is 38.6 Å². The van der Waals surface area contributed by atoms with Gasteiger partial charge in [-0.25, -0.2) is 0 Å². The molecule has 0 fully saturated rings. The van der Waals surface area contributed by atoms with Crippen LogP contribution in [0.3, 0.4) is 0 Å². The van der Waals surface area contributed by atoms with Gasteiger partial charge in [0.15, 0.2) is 0 Å². The third-order valence-corrected chi connectivity index (χ3v) is 2.70. The lowest BCUT2D eigenvalue weighted by Crippen LogP contribution is -2.20. The zero-order chi connectivity index (χ0) is 12.8. The highest BCUT2D eigenvalue weighted by Gasteiger charge is 2.17. The summed E-state index contributed by atoms with van der Waals surface area (Å²) in [5.41, 5.74) is 5.72. The van der Waals surface area contributed by atoms with Crippen LogP contribution < -0.4 is 5.73 Å². The molecule has 2 N–H and O–H groups in total. The van der Waals surface area contributed by atoms with E-state index >= 15 is 0 Å². The molecule has 0 aliphatic heterocycles. The van der Waals surface area contributed by atoms with Crippen LogP contribution in [0.4, 0.5) is 10.1 Å². The molecular formula is C12H17FN2O2. The maximum atomic E-state index is 13.7. The van der Waals surface area contributed by atoms with E-state index in [0.717, 1.165) is 12.8 Å². The summed E-state index contributed by atoms with van der Waals surface area (Å²) in [7, 11) is 0. The highest BCUT2D eigenvalue weighted by atomic mass is 19.1. The molecule has 0 aliphatic carbocycles. The molecule has 0 aliphatic rings. The van der Waals surface area contributed by atoms with E-state index in [1.807, 2.05) is 6.92 Å². The Morgan fingerprint density at radius 2 is 2.18 bits per heavy atom. The van der Waals surface area contributed by atoms with Crippen molar-refractivity contribution in [1.29, 1.82) is 0 Å². The van der Waals surface area contributed by atoms with Gasteiger partial charge in [-0.15, -0.1) is 0 Å². The minimum atomic E-state index is -0.735. The van der Waals surface area contributed by atoms with E-state index in [1.165, 1.54) is 12.1 Å². The van der Waals surface area contributed by atoms with Gasteiger partial charge < -0.3 is 5.73 Å². The Hall–Kier alpha value is -1.49. The molecule has 1 aromatic carbocycles. The molecule has 1 unspecified atom stereocenters. The van der Waals surface area contributed by atoms with Crippen molar-refractivity contribution in [2.75, 3.05) is 0 Å². The second-order valence-corrected chi connectivity index (χ2v) is 4.09. The lowest BCUT2D eigenvalue weighted by Gasteiger charge is -2.10.